The molecule has 20 heavy (non-hydrogen) atoms. The molecule has 0 bridgehead atoms. The Kier molecular flexibility index (Phi) is 4.75. The van der Waals surface area contributed by atoms with Crippen LogP contribution in [-0.4, -0.2) is 47.8 Å². The molecule has 1 fully saturated rings. The van der Waals surface area contributed by atoms with Crippen molar-refractivity contribution in [2.24, 2.45) is 0 Å². The molecule has 3 N–H and O–H groups in total. The number of benzene rings is 1. The zero-order chi connectivity index (χ0) is 14.9. The molecule has 110 valence electrons. The molecule has 2 unspecified atom stereocenters. The van der Waals surface area contributed by atoms with Crippen molar-refractivity contribution in [3.05, 3.63) is 27.7 Å². The van der Waals surface area contributed by atoms with Gasteiger partial charge < -0.3 is 20.5 Å². The monoisotopic (exact) mass is 318 g/mol. The van der Waals surface area contributed by atoms with Gasteiger partial charge in [0.1, 0.15) is 0 Å². The van der Waals surface area contributed by atoms with Gasteiger partial charge in [-0.1, -0.05) is 23.2 Å². The van der Waals surface area contributed by atoms with Gasteiger partial charge in [-0.2, -0.15) is 0 Å². The summed E-state index contributed by atoms with van der Waals surface area (Å²) >= 11 is 12.0. The van der Waals surface area contributed by atoms with Crippen LogP contribution in [-0.2, 0) is 4.74 Å². The summed E-state index contributed by atoms with van der Waals surface area (Å²) in [4.78, 5) is 14.2. The highest BCUT2D eigenvalue weighted by Crippen LogP contribution is 2.30. The second kappa shape index (κ2) is 6.18. The minimum Gasteiger partial charge on any atom is -0.399 e. The van der Waals surface area contributed by atoms with Gasteiger partial charge in [-0.05, 0) is 19.1 Å². The fourth-order valence-corrected chi connectivity index (χ4v) is 2.55. The zero-order valence-electron chi connectivity index (χ0n) is 11.0. The molecule has 0 spiro atoms. The molecule has 0 radical (unpaired) electrons. The third-order valence-corrected chi connectivity index (χ3v) is 4.05. The van der Waals surface area contributed by atoms with E-state index in [9.17, 15) is 4.79 Å². The predicted octanol–water partition coefficient (Wildman–Crippen LogP) is 1.80. The average molecular weight is 319 g/mol. The number of halogens is 2. The van der Waals surface area contributed by atoms with Gasteiger partial charge in [-0.25, -0.2) is 0 Å². The summed E-state index contributed by atoms with van der Waals surface area (Å²) in [6, 6.07) is 2.90. The summed E-state index contributed by atoms with van der Waals surface area (Å²) in [5, 5.41) is 9.59. The number of carbonyl (C=O) groups excluding carboxylic acids is 1. The van der Waals surface area contributed by atoms with Crippen LogP contribution < -0.4 is 5.73 Å². The summed E-state index contributed by atoms with van der Waals surface area (Å²) < 4.78 is 5.41. The second-order valence-corrected chi connectivity index (χ2v) is 5.59. The largest absolute Gasteiger partial charge is 0.399 e. The second-order valence-electron chi connectivity index (χ2n) is 4.81. The van der Waals surface area contributed by atoms with E-state index in [1.165, 1.54) is 12.1 Å². The number of nitrogen functional groups attached to an aromatic ring is 1. The van der Waals surface area contributed by atoms with Gasteiger partial charge in [0.25, 0.3) is 5.91 Å². The number of rotatable bonds is 2. The molecule has 0 saturated carbocycles. The van der Waals surface area contributed by atoms with E-state index in [2.05, 4.69) is 0 Å². The number of hydrogen-bond donors (Lipinski definition) is 2. The van der Waals surface area contributed by atoms with E-state index in [0.29, 0.717) is 18.8 Å². The average Bonchev–Trinajstić information content (AvgIpc) is 2.42. The highest BCUT2D eigenvalue weighted by atomic mass is 35.5. The Morgan fingerprint density at radius 2 is 2.25 bits per heavy atom. The van der Waals surface area contributed by atoms with Crippen LogP contribution in [0.2, 0.25) is 10.0 Å². The maximum atomic E-state index is 12.6. The molecule has 1 aromatic carbocycles. The van der Waals surface area contributed by atoms with Crippen molar-refractivity contribution in [1.82, 2.24) is 4.90 Å². The SMILES string of the molecule is CC1COC(CO)CN1C(=O)c1cc(N)cc(Cl)c1Cl. The fraction of sp³-hybridized carbons (Fsp3) is 0.462. The van der Waals surface area contributed by atoms with Crippen molar-refractivity contribution in [3.63, 3.8) is 0 Å². The number of amides is 1. The first-order valence-electron chi connectivity index (χ1n) is 6.22. The zero-order valence-corrected chi connectivity index (χ0v) is 12.5. The van der Waals surface area contributed by atoms with E-state index >= 15 is 0 Å². The van der Waals surface area contributed by atoms with Crippen molar-refractivity contribution >= 4 is 34.8 Å². The molecule has 0 aromatic heterocycles. The van der Waals surface area contributed by atoms with Crippen molar-refractivity contribution in [1.29, 1.82) is 0 Å². The van der Waals surface area contributed by atoms with E-state index in [1.807, 2.05) is 6.92 Å². The van der Waals surface area contributed by atoms with Crippen LogP contribution >= 0.6 is 23.2 Å². The molecule has 1 aromatic rings. The molecule has 1 aliphatic heterocycles. The smallest absolute Gasteiger partial charge is 0.255 e. The number of anilines is 1. The summed E-state index contributed by atoms with van der Waals surface area (Å²) in [6.07, 6.45) is -0.384. The molecule has 7 heteroatoms. The Labute approximate surface area is 127 Å². The maximum Gasteiger partial charge on any atom is 0.255 e. The van der Waals surface area contributed by atoms with E-state index in [4.69, 9.17) is 38.8 Å². The van der Waals surface area contributed by atoms with Crippen LogP contribution in [0.1, 0.15) is 17.3 Å². The molecule has 5 nitrogen and oxygen atoms in total. The molecule has 1 saturated heterocycles. The van der Waals surface area contributed by atoms with E-state index in [1.54, 1.807) is 4.90 Å². The summed E-state index contributed by atoms with van der Waals surface area (Å²) in [5.74, 6) is -0.265. The highest BCUT2D eigenvalue weighted by molar-refractivity contribution is 6.44. The third-order valence-electron chi connectivity index (χ3n) is 3.25. The van der Waals surface area contributed by atoms with Gasteiger partial charge in [-0.15, -0.1) is 0 Å². The van der Waals surface area contributed by atoms with Crippen LogP contribution in [0, 0.1) is 0 Å². The lowest BCUT2D eigenvalue weighted by atomic mass is 10.1. The lowest BCUT2D eigenvalue weighted by Crippen LogP contribution is -2.52. The number of nitrogens with zero attached hydrogens (tertiary/aromatic N) is 1. The standard InChI is InChI=1S/C13H16Cl2N2O3/c1-7-6-20-9(5-18)4-17(7)13(19)10-2-8(16)3-11(14)12(10)15/h2-3,7,9,18H,4-6,16H2,1H3. The lowest BCUT2D eigenvalue weighted by molar-refractivity contribution is -0.0667. The quantitative estimate of drug-likeness (QED) is 0.815. The Morgan fingerprint density at radius 1 is 1.55 bits per heavy atom. The Hall–Kier alpha value is -1.01. The third kappa shape index (κ3) is 3.01. The van der Waals surface area contributed by atoms with Gasteiger partial charge >= 0.3 is 0 Å². The van der Waals surface area contributed by atoms with Crippen molar-refractivity contribution in [3.8, 4) is 0 Å². The minimum atomic E-state index is -0.384. The number of carbonyl (C=O) groups is 1. The first kappa shape index (κ1) is 15.4. The van der Waals surface area contributed by atoms with E-state index in [0.717, 1.165) is 0 Å². The maximum absolute atomic E-state index is 12.6. The Balaban J connectivity index is 2.30. The first-order valence-corrected chi connectivity index (χ1v) is 6.97. The van der Waals surface area contributed by atoms with Crippen molar-refractivity contribution in [2.75, 3.05) is 25.5 Å². The predicted molar refractivity (Wildman–Crippen MR) is 78.2 cm³/mol. The summed E-state index contributed by atoms with van der Waals surface area (Å²) in [7, 11) is 0. The number of aliphatic hydroxyl groups is 1. The van der Waals surface area contributed by atoms with Gasteiger partial charge in [-0.3, -0.25) is 4.79 Å². The van der Waals surface area contributed by atoms with Gasteiger partial charge in [0.05, 0.1) is 41.0 Å². The van der Waals surface area contributed by atoms with Gasteiger partial charge in [0, 0.05) is 12.2 Å². The minimum absolute atomic E-state index is 0.110. The van der Waals surface area contributed by atoms with Gasteiger partial charge in [0.2, 0.25) is 0 Å². The fourth-order valence-electron chi connectivity index (χ4n) is 2.13. The first-order chi connectivity index (χ1) is 9.43. The van der Waals surface area contributed by atoms with Crippen molar-refractivity contribution in [2.45, 2.75) is 19.1 Å². The number of aliphatic hydroxyl groups excluding tert-OH is 1. The molecule has 2 rings (SSSR count). The van der Waals surface area contributed by atoms with Crippen LogP contribution in [0.3, 0.4) is 0 Å². The summed E-state index contributed by atoms with van der Waals surface area (Å²) in [5.41, 5.74) is 6.35. The van der Waals surface area contributed by atoms with Crippen LogP contribution in [0.15, 0.2) is 12.1 Å². The van der Waals surface area contributed by atoms with E-state index < -0.39 is 0 Å². The van der Waals surface area contributed by atoms with Crippen LogP contribution in [0.4, 0.5) is 5.69 Å². The van der Waals surface area contributed by atoms with Gasteiger partial charge in [0.15, 0.2) is 0 Å². The molecular weight excluding hydrogens is 303 g/mol. The molecule has 2 atom stereocenters. The van der Waals surface area contributed by atoms with E-state index in [-0.39, 0.29) is 40.3 Å². The molecule has 1 aliphatic rings. The number of nitrogens with two attached hydrogens (primary N) is 1. The molecule has 1 heterocycles. The topological polar surface area (TPSA) is 75.8 Å². The molecule has 1 amide bonds. The number of hydrogen-bond acceptors (Lipinski definition) is 4. The van der Waals surface area contributed by atoms with Crippen LogP contribution in [0.5, 0.6) is 0 Å². The number of morpholine rings is 1. The highest BCUT2D eigenvalue weighted by Gasteiger charge is 2.31. The number of ether oxygens (including phenoxy) is 1. The van der Waals surface area contributed by atoms with Crippen molar-refractivity contribution < 1.29 is 14.6 Å². The Morgan fingerprint density at radius 3 is 2.90 bits per heavy atom. The lowest BCUT2D eigenvalue weighted by Gasteiger charge is -2.37. The summed E-state index contributed by atoms with van der Waals surface area (Å²) in [6.45, 7) is 2.40. The normalized spacial score (nSPS) is 22.9. The Bertz CT molecular complexity index is 525. The molecular formula is C13H16Cl2N2O3. The van der Waals surface area contributed by atoms with Crippen LogP contribution in [0.25, 0.3) is 0 Å². The molecule has 0 aliphatic carbocycles.